The van der Waals surface area contributed by atoms with E-state index in [1.807, 2.05) is 42.5 Å². The van der Waals surface area contributed by atoms with Crippen molar-refractivity contribution in [1.29, 1.82) is 0 Å². The number of hydrogen-bond donors (Lipinski definition) is 2. The molecular weight excluding hydrogens is 416 g/mol. The van der Waals surface area contributed by atoms with Crippen molar-refractivity contribution in [2.24, 2.45) is 0 Å². The van der Waals surface area contributed by atoms with E-state index in [2.05, 4.69) is 10.6 Å². The topological polar surface area (TPSA) is 84.5 Å². The zero-order chi connectivity index (χ0) is 22.8. The Bertz CT molecular complexity index is 1120. The van der Waals surface area contributed by atoms with Crippen LogP contribution in [0.25, 0.3) is 0 Å². The molecular formula is C27H26N2O4. The van der Waals surface area contributed by atoms with E-state index in [9.17, 15) is 14.4 Å². The van der Waals surface area contributed by atoms with Crippen molar-refractivity contribution in [2.45, 2.75) is 44.4 Å². The van der Waals surface area contributed by atoms with Gasteiger partial charge in [-0.25, -0.2) is 0 Å². The van der Waals surface area contributed by atoms with Gasteiger partial charge < -0.3 is 15.4 Å². The quantitative estimate of drug-likeness (QED) is 0.717. The van der Waals surface area contributed by atoms with Gasteiger partial charge in [0, 0.05) is 47.0 Å². The Hall–Kier alpha value is -3.67. The Labute approximate surface area is 192 Å². The number of benzene rings is 2. The Morgan fingerprint density at radius 1 is 0.848 bits per heavy atom. The number of rotatable bonds is 5. The maximum atomic E-state index is 12.9. The van der Waals surface area contributed by atoms with Crippen molar-refractivity contribution in [1.82, 2.24) is 5.32 Å². The normalized spacial score (nSPS) is 18.4. The van der Waals surface area contributed by atoms with Gasteiger partial charge >= 0.3 is 0 Å². The first kappa shape index (κ1) is 21.2. The van der Waals surface area contributed by atoms with Crippen LogP contribution in [0.3, 0.4) is 0 Å². The molecule has 6 heteroatoms. The lowest BCUT2D eigenvalue weighted by Gasteiger charge is -2.37. The summed E-state index contributed by atoms with van der Waals surface area (Å²) in [6, 6.07) is 16.6. The maximum Gasteiger partial charge on any atom is 0.262 e. The number of carbonyl (C=O) groups excluding carboxylic acids is 3. The van der Waals surface area contributed by atoms with E-state index in [1.165, 1.54) is 0 Å². The largest absolute Gasteiger partial charge is 0.484 e. The Kier molecular flexibility index (Phi) is 5.82. The van der Waals surface area contributed by atoms with Crippen molar-refractivity contribution in [2.75, 3.05) is 11.9 Å². The second kappa shape index (κ2) is 9.06. The van der Waals surface area contributed by atoms with Gasteiger partial charge in [0.05, 0.1) is 0 Å². The molecule has 0 unspecified atom stereocenters. The molecule has 6 nitrogen and oxygen atoms in total. The molecule has 2 aromatic carbocycles. The van der Waals surface area contributed by atoms with Crippen molar-refractivity contribution in [3.63, 3.8) is 0 Å². The van der Waals surface area contributed by atoms with Crippen molar-refractivity contribution < 1.29 is 19.1 Å². The SMILES string of the molecule is O=C(COc1ccc(C2C3=C(CCCC3=O)NC3=C2C(=O)CCC3)cc1)Nc1ccccc1. The molecule has 1 amide bonds. The average molecular weight is 443 g/mol. The van der Waals surface area contributed by atoms with Crippen LogP contribution in [0.15, 0.2) is 77.1 Å². The molecule has 0 spiro atoms. The highest BCUT2D eigenvalue weighted by Crippen LogP contribution is 2.45. The fourth-order valence-electron chi connectivity index (χ4n) is 4.94. The van der Waals surface area contributed by atoms with E-state index in [0.717, 1.165) is 59.5 Å². The van der Waals surface area contributed by atoms with E-state index >= 15 is 0 Å². The molecule has 0 saturated heterocycles. The molecule has 2 aliphatic carbocycles. The van der Waals surface area contributed by atoms with Crippen molar-refractivity contribution >= 4 is 23.2 Å². The minimum atomic E-state index is -0.327. The minimum absolute atomic E-state index is 0.108. The number of para-hydroxylation sites is 1. The van der Waals surface area contributed by atoms with Crippen LogP contribution in [0.2, 0.25) is 0 Å². The summed E-state index contributed by atoms with van der Waals surface area (Å²) in [6.45, 7) is -0.108. The van der Waals surface area contributed by atoms with Gasteiger partial charge in [0.15, 0.2) is 18.2 Å². The first-order valence-electron chi connectivity index (χ1n) is 11.5. The third kappa shape index (κ3) is 4.33. The van der Waals surface area contributed by atoms with Gasteiger partial charge in [-0.3, -0.25) is 14.4 Å². The molecule has 0 aromatic heterocycles. The van der Waals surface area contributed by atoms with Crippen LogP contribution in [0.4, 0.5) is 5.69 Å². The van der Waals surface area contributed by atoms with Crippen molar-refractivity contribution in [3.8, 4) is 5.75 Å². The van der Waals surface area contributed by atoms with Crippen LogP contribution in [0, 0.1) is 0 Å². The van der Waals surface area contributed by atoms with Gasteiger partial charge in [0.25, 0.3) is 5.91 Å². The smallest absolute Gasteiger partial charge is 0.262 e. The summed E-state index contributed by atoms with van der Waals surface area (Å²) in [5.74, 6) is 0.235. The molecule has 0 saturated carbocycles. The van der Waals surface area contributed by atoms with Crippen molar-refractivity contribution in [3.05, 3.63) is 82.7 Å². The number of nitrogens with one attached hydrogen (secondary N) is 2. The molecule has 2 aromatic rings. The molecule has 1 aliphatic heterocycles. The second-order valence-corrected chi connectivity index (χ2v) is 8.67. The van der Waals surface area contributed by atoms with Crippen LogP contribution in [-0.4, -0.2) is 24.1 Å². The predicted molar refractivity (Wildman–Crippen MR) is 125 cm³/mol. The summed E-state index contributed by atoms with van der Waals surface area (Å²) in [5, 5.41) is 6.22. The number of dihydropyridines is 1. The van der Waals surface area contributed by atoms with Gasteiger partial charge in [-0.15, -0.1) is 0 Å². The van der Waals surface area contributed by atoms with Crippen LogP contribution < -0.4 is 15.4 Å². The lowest BCUT2D eigenvalue weighted by atomic mass is 9.71. The van der Waals surface area contributed by atoms with Crippen LogP contribution in [0.5, 0.6) is 5.75 Å². The number of hydrogen-bond acceptors (Lipinski definition) is 5. The third-order valence-corrected chi connectivity index (χ3v) is 6.43. The van der Waals surface area contributed by atoms with Crippen LogP contribution in [-0.2, 0) is 14.4 Å². The van der Waals surface area contributed by atoms with Gasteiger partial charge in [-0.05, 0) is 55.5 Å². The molecule has 168 valence electrons. The van der Waals surface area contributed by atoms with E-state index in [4.69, 9.17) is 4.74 Å². The first-order chi connectivity index (χ1) is 16.1. The fraction of sp³-hybridized carbons (Fsp3) is 0.296. The molecule has 0 atom stereocenters. The zero-order valence-corrected chi connectivity index (χ0v) is 18.4. The Morgan fingerprint density at radius 3 is 2.06 bits per heavy atom. The summed E-state index contributed by atoms with van der Waals surface area (Å²) in [7, 11) is 0. The second-order valence-electron chi connectivity index (χ2n) is 8.67. The summed E-state index contributed by atoms with van der Waals surface area (Å²) in [6.07, 6.45) is 4.38. The number of carbonyl (C=O) groups is 3. The number of anilines is 1. The summed E-state index contributed by atoms with van der Waals surface area (Å²) >= 11 is 0. The van der Waals surface area contributed by atoms with Crippen LogP contribution in [0.1, 0.15) is 50.0 Å². The third-order valence-electron chi connectivity index (χ3n) is 6.43. The Morgan fingerprint density at radius 2 is 1.45 bits per heavy atom. The molecule has 33 heavy (non-hydrogen) atoms. The number of ether oxygens (including phenoxy) is 1. The molecule has 2 N–H and O–H groups in total. The van der Waals surface area contributed by atoms with E-state index in [0.29, 0.717) is 18.6 Å². The summed E-state index contributed by atoms with van der Waals surface area (Å²) < 4.78 is 5.66. The first-order valence-corrected chi connectivity index (χ1v) is 11.5. The van der Waals surface area contributed by atoms with E-state index < -0.39 is 0 Å². The predicted octanol–water partition coefficient (Wildman–Crippen LogP) is 4.41. The molecule has 5 rings (SSSR count). The fourth-order valence-corrected chi connectivity index (χ4v) is 4.94. The van der Waals surface area contributed by atoms with E-state index in [1.54, 1.807) is 12.1 Å². The lowest BCUT2D eigenvalue weighted by Crippen LogP contribution is -2.36. The summed E-state index contributed by atoms with van der Waals surface area (Å²) in [4.78, 5) is 37.9. The molecule has 0 bridgehead atoms. The molecule has 0 radical (unpaired) electrons. The van der Waals surface area contributed by atoms with Gasteiger partial charge in [0.2, 0.25) is 0 Å². The number of ketones is 2. The Balaban J connectivity index is 1.35. The number of Topliss-reactive ketones (excluding diaryl/α,β-unsaturated/α-hetero) is 2. The molecule has 3 aliphatic rings. The standard InChI is InChI=1S/C27H26N2O4/c30-22-10-4-8-20-26(22)25(27-21(29-20)9-5-11-23(27)31)17-12-14-19(15-13-17)33-16-24(32)28-18-6-2-1-3-7-18/h1-3,6-7,12-15,25,29H,4-5,8-11,16H2,(H,28,32). The highest BCUT2D eigenvalue weighted by molar-refractivity contribution is 6.06. The molecule has 1 heterocycles. The van der Waals surface area contributed by atoms with Gasteiger partial charge in [0.1, 0.15) is 5.75 Å². The highest BCUT2D eigenvalue weighted by atomic mass is 16.5. The number of amides is 1. The summed E-state index contributed by atoms with van der Waals surface area (Å²) in [5.41, 5.74) is 5.06. The highest BCUT2D eigenvalue weighted by Gasteiger charge is 2.40. The molecule has 0 fully saturated rings. The average Bonchev–Trinajstić information content (AvgIpc) is 2.83. The van der Waals surface area contributed by atoms with E-state index in [-0.39, 0.29) is 30.0 Å². The zero-order valence-electron chi connectivity index (χ0n) is 18.4. The lowest BCUT2D eigenvalue weighted by molar-refractivity contribution is -0.118. The van der Waals surface area contributed by atoms with Gasteiger partial charge in [-0.2, -0.15) is 0 Å². The van der Waals surface area contributed by atoms with Crippen LogP contribution >= 0.6 is 0 Å². The number of allylic oxidation sites excluding steroid dienone is 4. The monoisotopic (exact) mass is 442 g/mol. The minimum Gasteiger partial charge on any atom is -0.484 e. The van der Waals surface area contributed by atoms with Gasteiger partial charge in [-0.1, -0.05) is 30.3 Å². The maximum absolute atomic E-state index is 12.9.